The largest absolute Gasteiger partial charge is 0.496 e. The Morgan fingerprint density at radius 3 is 2.69 bits per heavy atom. The highest BCUT2D eigenvalue weighted by molar-refractivity contribution is 9.10. The first-order valence-electron chi connectivity index (χ1n) is 4.45. The van der Waals surface area contributed by atoms with Crippen LogP contribution in [0.15, 0.2) is 27.6 Å². The molecule has 0 radical (unpaired) electrons. The predicted molar refractivity (Wildman–Crippen MR) is 63.0 cm³/mol. The highest BCUT2D eigenvalue weighted by atomic mass is 79.9. The Labute approximate surface area is 103 Å². The van der Waals surface area contributed by atoms with Crippen LogP contribution in [0, 0.1) is 0 Å². The minimum absolute atomic E-state index is 0.00795. The number of nitrogens with one attached hydrogen (secondary N) is 1. The zero-order chi connectivity index (χ0) is 12.2. The Bertz CT molecular complexity index is 461. The van der Waals surface area contributed by atoms with Gasteiger partial charge in [-0.1, -0.05) is 0 Å². The lowest BCUT2D eigenvalue weighted by Crippen LogP contribution is -2.26. The fourth-order valence-corrected chi connectivity index (χ4v) is 2.82. The zero-order valence-corrected chi connectivity index (χ0v) is 11.0. The van der Waals surface area contributed by atoms with Crippen LogP contribution in [0.4, 0.5) is 0 Å². The fourth-order valence-electron chi connectivity index (χ4n) is 1.08. The molecule has 0 fully saturated rings. The topological polar surface area (TPSA) is 75.6 Å². The van der Waals surface area contributed by atoms with E-state index in [9.17, 15) is 8.42 Å². The van der Waals surface area contributed by atoms with Crippen LogP contribution in [0.3, 0.4) is 0 Å². The molecule has 16 heavy (non-hydrogen) atoms. The lowest BCUT2D eigenvalue weighted by Gasteiger charge is -2.08. The molecular formula is C9H12BrNO4S. The molecule has 0 spiro atoms. The van der Waals surface area contributed by atoms with E-state index in [1.54, 1.807) is 6.07 Å². The maximum atomic E-state index is 11.7. The summed E-state index contributed by atoms with van der Waals surface area (Å²) in [5.74, 6) is 0.557. The van der Waals surface area contributed by atoms with Crippen LogP contribution in [-0.4, -0.2) is 33.8 Å². The van der Waals surface area contributed by atoms with Crippen molar-refractivity contribution in [3.8, 4) is 5.75 Å². The second-order valence-electron chi connectivity index (χ2n) is 2.92. The van der Waals surface area contributed by atoms with Crippen LogP contribution in [0.5, 0.6) is 5.75 Å². The van der Waals surface area contributed by atoms with E-state index in [0.717, 1.165) is 0 Å². The predicted octanol–water partition coefficient (Wildman–Crippen LogP) is 0.728. The third kappa shape index (κ3) is 3.18. The van der Waals surface area contributed by atoms with E-state index < -0.39 is 10.0 Å². The van der Waals surface area contributed by atoms with E-state index in [2.05, 4.69) is 20.7 Å². The first kappa shape index (κ1) is 13.4. The van der Waals surface area contributed by atoms with Crippen molar-refractivity contribution in [2.45, 2.75) is 4.90 Å². The summed E-state index contributed by atoms with van der Waals surface area (Å²) in [5, 5.41) is 8.56. The molecule has 0 unspecified atom stereocenters. The van der Waals surface area contributed by atoms with Gasteiger partial charge in [0.05, 0.1) is 23.1 Å². The molecule has 0 aliphatic carbocycles. The minimum atomic E-state index is -3.57. The van der Waals surface area contributed by atoms with Crippen LogP contribution in [-0.2, 0) is 10.0 Å². The molecule has 7 heteroatoms. The van der Waals surface area contributed by atoms with E-state index in [1.165, 1.54) is 19.2 Å². The van der Waals surface area contributed by atoms with Crippen LogP contribution in [0.25, 0.3) is 0 Å². The van der Waals surface area contributed by atoms with Gasteiger partial charge in [0.2, 0.25) is 10.0 Å². The highest BCUT2D eigenvalue weighted by Gasteiger charge is 2.14. The van der Waals surface area contributed by atoms with Gasteiger partial charge in [0.15, 0.2) is 0 Å². The number of rotatable bonds is 5. The van der Waals surface area contributed by atoms with Gasteiger partial charge in [-0.15, -0.1) is 0 Å². The summed E-state index contributed by atoms with van der Waals surface area (Å²) >= 11 is 3.20. The van der Waals surface area contributed by atoms with Crippen molar-refractivity contribution in [2.24, 2.45) is 0 Å². The first-order chi connectivity index (χ1) is 7.51. The molecule has 90 valence electrons. The Morgan fingerprint density at radius 1 is 1.50 bits per heavy atom. The van der Waals surface area contributed by atoms with Crippen molar-refractivity contribution in [3.05, 3.63) is 22.7 Å². The molecule has 0 bridgehead atoms. The van der Waals surface area contributed by atoms with Gasteiger partial charge in [-0.25, -0.2) is 13.1 Å². The molecule has 1 aromatic rings. The standard InChI is InChI=1S/C9H12BrNO4S/c1-15-9-3-2-7(6-8(9)10)16(13,14)11-4-5-12/h2-3,6,11-12H,4-5H2,1H3. The Hall–Kier alpha value is -0.630. The summed E-state index contributed by atoms with van der Waals surface area (Å²) < 4.78 is 31.1. The number of methoxy groups -OCH3 is 1. The van der Waals surface area contributed by atoms with E-state index in [4.69, 9.17) is 9.84 Å². The zero-order valence-electron chi connectivity index (χ0n) is 8.60. The molecule has 1 aromatic carbocycles. The fraction of sp³-hybridized carbons (Fsp3) is 0.333. The number of sulfonamides is 1. The smallest absolute Gasteiger partial charge is 0.240 e. The Kier molecular flexibility index (Phi) is 4.72. The van der Waals surface area contributed by atoms with Crippen LogP contribution >= 0.6 is 15.9 Å². The number of ether oxygens (including phenoxy) is 1. The normalized spacial score (nSPS) is 11.4. The second-order valence-corrected chi connectivity index (χ2v) is 5.54. The molecule has 2 N–H and O–H groups in total. The summed E-state index contributed by atoms with van der Waals surface area (Å²) in [7, 11) is -2.07. The Morgan fingerprint density at radius 2 is 2.19 bits per heavy atom. The molecule has 5 nitrogen and oxygen atoms in total. The second kappa shape index (κ2) is 5.62. The monoisotopic (exact) mass is 309 g/mol. The van der Waals surface area contributed by atoms with Gasteiger partial charge in [-0.05, 0) is 34.1 Å². The molecule has 0 heterocycles. The number of hydrogen-bond acceptors (Lipinski definition) is 4. The van der Waals surface area contributed by atoms with Crippen molar-refractivity contribution >= 4 is 26.0 Å². The van der Waals surface area contributed by atoms with Crippen molar-refractivity contribution in [1.29, 1.82) is 0 Å². The minimum Gasteiger partial charge on any atom is -0.496 e. The summed E-state index contributed by atoms with van der Waals surface area (Å²) in [6, 6.07) is 4.43. The quantitative estimate of drug-likeness (QED) is 0.841. The van der Waals surface area contributed by atoms with Crippen molar-refractivity contribution in [3.63, 3.8) is 0 Å². The van der Waals surface area contributed by atoms with Crippen molar-refractivity contribution < 1.29 is 18.3 Å². The summed E-state index contributed by atoms with van der Waals surface area (Å²) in [4.78, 5) is 0.119. The molecule has 0 amide bonds. The van der Waals surface area contributed by atoms with Gasteiger partial charge < -0.3 is 9.84 Å². The number of hydrogen-bond donors (Lipinski definition) is 2. The van der Waals surface area contributed by atoms with E-state index in [0.29, 0.717) is 10.2 Å². The summed E-state index contributed by atoms with van der Waals surface area (Å²) in [6.45, 7) is -0.247. The number of aliphatic hydroxyl groups excluding tert-OH is 1. The van der Waals surface area contributed by atoms with E-state index in [1.807, 2.05) is 0 Å². The van der Waals surface area contributed by atoms with Crippen molar-refractivity contribution in [2.75, 3.05) is 20.3 Å². The molecule has 0 atom stereocenters. The molecule has 0 aliphatic heterocycles. The van der Waals surface area contributed by atoms with Crippen LogP contribution < -0.4 is 9.46 Å². The number of aliphatic hydroxyl groups is 1. The van der Waals surface area contributed by atoms with Gasteiger partial charge in [-0.3, -0.25) is 0 Å². The van der Waals surface area contributed by atoms with Gasteiger partial charge in [0.25, 0.3) is 0 Å². The number of halogens is 1. The van der Waals surface area contributed by atoms with Gasteiger partial charge >= 0.3 is 0 Å². The third-order valence-corrected chi connectivity index (χ3v) is 3.92. The molecular weight excluding hydrogens is 298 g/mol. The Balaban J connectivity index is 3.01. The maximum Gasteiger partial charge on any atom is 0.240 e. The molecule has 0 aromatic heterocycles. The first-order valence-corrected chi connectivity index (χ1v) is 6.73. The van der Waals surface area contributed by atoms with Gasteiger partial charge in [0, 0.05) is 6.54 Å². The SMILES string of the molecule is COc1ccc(S(=O)(=O)NCCO)cc1Br. The summed E-state index contributed by atoms with van der Waals surface area (Å²) in [5.41, 5.74) is 0. The highest BCUT2D eigenvalue weighted by Crippen LogP contribution is 2.27. The maximum absolute atomic E-state index is 11.7. The average molecular weight is 310 g/mol. The van der Waals surface area contributed by atoms with Crippen LogP contribution in [0.2, 0.25) is 0 Å². The molecule has 0 aliphatic rings. The van der Waals surface area contributed by atoms with E-state index in [-0.39, 0.29) is 18.0 Å². The molecule has 0 saturated carbocycles. The summed E-state index contributed by atoms with van der Waals surface area (Å²) in [6.07, 6.45) is 0. The molecule has 0 saturated heterocycles. The van der Waals surface area contributed by atoms with Crippen LogP contribution in [0.1, 0.15) is 0 Å². The molecule has 1 rings (SSSR count). The van der Waals surface area contributed by atoms with E-state index >= 15 is 0 Å². The number of benzene rings is 1. The third-order valence-electron chi connectivity index (χ3n) is 1.84. The van der Waals surface area contributed by atoms with Crippen molar-refractivity contribution in [1.82, 2.24) is 4.72 Å². The van der Waals surface area contributed by atoms with Gasteiger partial charge in [-0.2, -0.15) is 0 Å². The van der Waals surface area contributed by atoms with Gasteiger partial charge in [0.1, 0.15) is 5.75 Å². The lowest BCUT2D eigenvalue weighted by atomic mass is 10.3. The average Bonchev–Trinajstić information content (AvgIpc) is 2.26. The lowest BCUT2D eigenvalue weighted by molar-refractivity contribution is 0.301.